The number of benzene rings is 2. The first-order chi connectivity index (χ1) is 14.3. The zero-order valence-corrected chi connectivity index (χ0v) is 18.6. The van der Waals surface area contributed by atoms with Gasteiger partial charge in [0.15, 0.2) is 11.0 Å². The molecule has 0 aliphatic heterocycles. The van der Waals surface area contributed by atoms with Crippen molar-refractivity contribution in [2.24, 2.45) is 0 Å². The van der Waals surface area contributed by atoms with Crippen LogP contribution in [0.5, 0.6) is 0 Å². The smallest absolute Gasteiger partial charge is 0.321 e. The molecule has 0 aliphatic rings. The fourth-order valence-corrected chi connectivity index (χ4v) is 3.88. The van der Waals surface area contributed by atoms with Crippen LogP contribution in [0.15, 0.2) is 47.6 Å². The summed E-state index contributed by atoms with van der Waals surface area (Å²) in [7, 11) is 1.45. The number of halogens is 1. The van der Waals surface area contributed by atoms with Gasteiger partial charge in [0.05, 0.1) is 10.9 Å². The lowest BCUT2D eigenvalue weighted by atomic mass is 10.1. The SMILES string of the molecule is CNC(=O)NC(=O)C(C)Sc1nnc(-c2cccc(Cl)c2)n1-c1cc(C)ccc1C. The van der Waals surface area contributed by atoms with Gasteiger partial charge >= 0.3 is 6.03 Å². The number of aryl methyl sites for hydroxylation is 2. The molecule has 1 aromatic heterocycles. The Kier molecular flexibility index (Phi) is 6.79. The van der Waals surface area contributed by atoms with Crippen molar-refractivity contribution in [2.45, 2.75) is 31.2 Å². The first-order valence-electron chi connectivity index (χ1n) is 9.28. The summed E-state index contributed by atoms with van der Waals surface area (Å²) in [5.41, 5.74) is 3.84. The third-order valence-corrected chi connectivity index (χ3v) is 5.71. The van der Waals surface area contributed by atoms with Crippen molar-refractivity contribution in [3.05, 3.63) is 58.6 Å². The van der Waals surface area contributed by atoms with Gasteiger partial charge in [-0.2, -0.15) is 0 Å². The average molecular weight is 444 g/mol. The second-order valence-corrected chi connectivity index (χ2v) is 8.51. The van der Waals surface area contributed by atoms with E-state index < -0.39 is 17.2 Å². The Morgan fingerprint density at radius 1 is 1.13 bits per heavy atom. The maximum atomic E-state index is 12.3. The van der Waals surface area contributed by atoms with Crippen molar-refractivity contribution < 1.29 is 9.59 Å². The van der Waals surface area contributed by atoms with Crippen molar-refractivity contribution in [1.82, 2.24) is 25.4 Å². The Balaban J connectivity index is 2.07. The van der Waals surface area contributed by atoms with Crippen LogP contribution < -0.4 is 10.6 Å². The first kappa shape index (κ1) is 21.9. The number of hydrogen-bond donors (Lipinski definition) is 2. The molecule has 1 unspecified atom stereocenters. The summed E-state index contributed by atoms with van der Waals surface area (Å²) in [4.78, 5) is 23.8. The monoisotopic (exact) mass is 443 g/mol. The minimum atomic E-state index is -0.567. The number of amides is 3. The summed E-state index contributed by atoms with van der Waals surface area (Å²) < 4.78 is 1.92. The van der Waals surface area contributed by atoms with Crippen LogP contribution in [0.25, 0.3) is 17.1 Å². The van der Waals surface area contributed by atoms with Gasteiger partial charge in [0.1, 0.15) is 0 Å². The average Bonchev–Trinajstić information content (AvgIpc) is 3.12. The number of urea groups is 1. The van der Waals surface area contributed by atoms with Crippen molar-refractivity contribution in [3.63, 3.8) is 0 Å². The topological polar surface area (TPSA) is 88.9 Å². The number of aromatic nitrogens is 3. The lowest BCUT2D eigenvalue weighted by Crippen LogP contribution is -2.41. The molecule has 2 aromatic carbocycles. The molecule has 3 aromatic rings. The molecule has 0 bridgehead atoms. The van der Waals surface area contributed by atoms with Gasteiger partial charge in [0, 0.05) is 17.6 Å². The van der Waals surface area contributed by atoms with E-state index in [1.807, 2.05) is 54.8 Å². The molecule has 1 atom stereocenters. The molecule has 0 aliphatic carbocycles. The fraction of sp³-hybridized carbons (Fsp3) is 0.238. The highest BCUT2D eigenvalue weighted by Gasteiger charge is 2.23. The molecule has 3 amide bonds. The normalized spacial score (nSPS) is 11.8. The van der Waals surface area contributed by atoms with E-state index in [1.54, 1.807) is 13.0 Å². The van der Waals surface area contributed by atoms with E-state index in [2.05, 4.69) is 20.8 Å². The van der Waals surface area contributed by atoms with Gasteiger partial charge in [0.2, 0.25) is 5.91 Å². The van der Waals surface area contributed by atoms with Gasteiger partial charge < -0.3 is 5.32 Å². The van der Waals surface area contributed by atoms with Gasteiger partial charge in [-0.1, -0.05) is 47.6 Å². The van der Waals surface area contributed by atoms with Crippen molar-refractivity contribution >= 4 is 35.3 Å². The minimum Gasteiger partial charge on any atom is -0.341 e. The van der Waals surface area contributed by atoms with Gasteiger partial charge in [-0.25, -0.2) is 4.79 Å². The molecular weight excluding hydrogens is 422 g/mol. The summed E-state index contributed by atoms with van der Waals surface area (Å²) in [6.07, 6.45) is 0. The number of hydrogen-bond acceptors (Lipinski definition) is 5. The zero-order chi connectivity index (χ0) is 21.8. The van der Waals surface area contributed by atoms with E-state index in [1.165, 1.54) is 18.8 Å². The number of rotatable bonds is 5. The quantitative estimate of drug-likeness (QED) is 0.578. The molecule has 2 N–H and O–H groups in total. The molecule has 3 rings (SSSR count). The molecule has 0 saturated heterocycles. The number of nitrogens with zero attached hydrogens (tertiary/aromatic N) is 3. The molecule has 30 heavy (non-hydrogen) atoms. The fourth-order valence-electron chi connectivity index (χ4n) is 2.83. The second-order valence-electron chi connectivity index (χ2n) is 6.77. The van der Waals surface area contributed by atoms with Gasteiger partial charge in [-0.05, 0) is 50.1 Å². The number of carbonyl (C=O) groups excluding carboxylic acids is 2. The molecule has 9 heteroatoms. The van der Waals surface area contributed by atoms with Gasteiger partial charge in [0.25, 0.3) is 0 Å². The predicted octanol–water partition coefficient (Wildman–Crippen LogP) is 4.14. The Labute approximate surface area is 184 Å². The highest BCUT2D eigenvalue weighted by atomic mass is 35.5. The van der Waals surface area contributed by atoms with Gasteiger partial charge in [-0.15, -0.1) is 10.2 Å². The van der Waals surface area contributed by atoms with E-state index in [0.29, 0.717) is 16.0 Å². The highest BCUT2D eigenvalue weighted by Crippen LogP contribution is 2.32. The lowest BCUT2D eigenvalue weighted by molar-refractivity contribution is -0.119. The molecule has 0 fully saturated rings. The van der Waals surface area contributed by atoms with Crippen LogP contribution in [0.4, 0.5) is 4.79 Å². The molecule has 0 saturated carbocycles. The highest BCUT2D eigenvalue weighted by molar-refractivity contribution is 8.00. The van der Waals surface area contributed by atoms with Crippen molar-refractivity contribution in [3.8, 4) is 17.1 Å². The lowest BCUT2D eigenvalue weighted by Gasteiger charge is -2.16. The largest absolute Gasteiger partial charge is 0.341 e. The minimum absolute atomic E-state index is 0.417. The van der Waals surface area contributed by atoms with Gasteiger partial charge in [-0.3, -0.25) is 14.7 Å². The van der Waals surface area contributed by atoms with Crippen LogP contribution in [0.3, 0.4) is 0 Å². The Morgan fingerprint density at radius 3 is 2.60 bits per heavy atom. The maximum Gasteiger partial charge on any atom is 0.321 e. The number of thioether (sulfide) groups is 1. The van der Waals surface area contributed by atoms with Crippen LogP contribution in [0.2, 0.25) is 5.02 Å². The number of carbonyl (C=O) groups is 2. The van der Waals surface area contributed by atoms with E-state index in [9.17, 15) is 9.59 Å². The van der Waals surface area contributed by atoms with Crippen LogP contribution in [-0.4, -0.2) is 39.0 Å². The summed E-state index contributed by atoms with van der Waals surface area (Å²) in [6.45, 7) is 5.73. The number of nitrogens with one attached hydrogen (secondary N) is 2. The zero-order valence-electron chi connectivity index (χ0n) is 17.1. The Hall–Kier alpha value is -2.84. The predicted molar refractivity (Wildman–Crippen MR) is 119 cm³/mol. The molecular formula is C21H22ClN5O2S. The summed E-state index contributed by atoms with van der Waals surface area (Å²) in [5, 5.41) is 14.0. The van der Waals surface area contributed by atoms with Crippen LogP contribution in [0, 0.1) is 13.8 Å². The summed E-state index contributed by atoms with van der Waals surface area (Å²) in [6, 6.07) is 12.9. The summed E-state index contributed by atoms with van der Waals surface area (Å²) in [5.74, 6) is 0.201. The van der Waals surface area contributed by atoms with E-state index in [4.69, 9.17) is 11.6 Å². The molecule has 156 valence electrons. The third kappa shape index (κ3) is 4.83. The molecule has 0 spiro atoms. The molecule has 7 nitrogen and oxygen atoms in total. The van der Waals surface area contributed by atoms with E-state index in [0.717, 1.165) is 22.4 Å². The molecule has 0 radical (unpaired) electrons. The first-order valence-corrected chi connectivity index (χ1v) is 10.5. The maximum absolute atomic E-state index is 12.3. The van der Waals surface area contributed by atoms with E-state index in [-0.39, 0.29) is 0 Å². The van der Waals surface area contributed by atoms with Crippen molar-refractivity contribution in [2.75, 3.05) is 7.05 Å². The third-order valence-electron chi connectivity index (χ3n) is 4.44. The van der Waals surface area contributed by atoms with Crippen LogP contribution >= 0.6 is 23.4 Å². The Morgan fingerprint density at radius 2 is 1.90 bits per heavy atom. The number of imide groups is 1. The van der Waals surface area contributed by atoms with Crippen molar-refractivity contribution in [1.29, 1.82) is 0 Å². The van der Waals surface area contributed by atoms with Crippen LogP contribution in [0.1, 0.15) is 18.1 Å². The Bertz CT molecular complexity index is 1100. The second kappa shape index (κ2) is 9.32. The molecule has 1 heterocycles. The van der Waals surface area contributed by atoms with Crippen LogP contribution in [-0.2, 0) is 4.79 Å². The van der Waals surface area contributed by atoms with E-state index >= 15 is 0 Å². The standard InChI is InChI=1S/C21H22ClN5O2S/c1-12-8-9-13(2)17(10-12)27-18(15-6-5-7-16(22)11-15)25-26-21(27)30-14(3)19(28)24-20(29)23-4/h5-11,14H,1-4H3,(H2,23,24,28,29). The summed E-state index contributed by atoms with van der Waals surface area (Å²) >= 11 is 7.42.